The molecule has 21 heavy (non-hydrogen) atoms. The van der Waals surface area contributed by atoms with Gasteiger partial charge in [0, 0.05) is 16.1 Å². The Morgan fingerprint density at radius 1 is 1.10 bits per heavy atom. The van der Waals surface area contributed by atoms with Gasteiger partial charge in [-0.15, -0.1) is 0 Å². The summed E-state index contributed by atoms with van der Waals surface area (Å²) in [6.45, 7) is 8.48. The number of benzene rings is 1. The molecule has 2 nitrogen and oxygen atoms in total. The highest BCUT2D eigenvalue weighted by molar-refractivity contribution is 9.10. The maximum atomic E-state index is 6.03. The second kappa shape index (κ2) is 11.1. The van der Waals surface area contributed by atoms with Crippen LogP contribution < -0.4 is 10.1 Å². The smallest absolute Gasteiger partial charge is 0.125 e. The summed E-state index contributed by atoms with van der Waals surface area (Å²) in [5, 5.41) is 3.53. The zero-order valence-corrected chi connectivity index (χ0v) is 15.3. The van der Waals surface area contributed by atoms with Crippen LogP contribution in [0.1, 0.15) is 70.9 Å². The largest absolute Gasteiger partial charge is 0.493 e. The lowest BCUT2D eigenvalue weighted by Gasteiger charge is -2.18. The normalized spacial score (nSPS) is 12.4. The van der Waals surface area contributed by atoms with Crippen LogP contribution in [0.15, 0.2) is 22.7 Å². The molecule has 1 atom stereocenters. The highest BCUT2D eigenvalue weighted by Crippen LogP contribution is 2.29. The summed E-state index contributed by atoms with van der Waals surface area (Å²) in [5.41, 5.74) is 1.25. The van der Waals surface area contributed by atoms with E-state index in [-0.39, 0.29) is 0 Å². The van der Waals surface area contributed by atoms with Gasteiger partial charge in [-0.2, -0.15) is 0 Å². The third-order valence-electron chi connectivity index (χ3n) is 3.65. The van der Waals surface area contributed by atoms with E-state index in [2.05, 4.69) is 60.2 Å². The minimum atomic E-state index is 0.327. The number of ether oxygens (including phenoxy) is 1. The Morgan fingerprint density at radius 2 is 1.86 bits per heavy atom. The fourth-order valence-corrected chi connectivity index (χ4v) is 2.69. The molecule has 0 bridgehead atoms. The van der Waals surface area contributed by atoms with E-state index >= 15 is 0 Å². The second-order valence-electron chi connectivity index (χ2n) is 5.62. The number of nitrogens with one attached hydrogen (secondary N) is 1. The molecule has 120 valence electrons. The molecule has 1 N–H and O–H groups in total. The van der Waals surface area contributed by atoms with E-state index in [0.29, 0.717) is 6.04 Å². The van der Waals surface area contributed by atoms with Gasteiger partial charge >= 0.3 is 0 Å². The first kappa shape index (κ1) is 18.5. The van der Waals surface area contributed by atoms with Gasteiger partial charge in [0.25, 0.3) is 0 Å². The van der Waals surface area contributed by atoms with Crippen molar-refractivity contribution >= 4 is 15.9 Å². The SMILES string of the molecule is CCCCCCCOc1cc(Br)ccc1C(C)NCCC. The highest BCUT2D eigenvalue weighted by Gasteiger charge is 2.11. The molecule has 0 saturated carbocycles. The number of halogens is 1. The molecule has 1 unspecified atom stereocenters. The molecule has 0 fully saturated rings. The Kier molecular flexibility index (Phi) is 9.77. The monoisotopic (exact) mass is 355 g/mol. The summed E-state index contributed by atoms with van der Waals surface area (Å²) in [7, 11) is 0. The summed E-state index contributed by atoms with van der Waals surface area (Å²) in [6.07, 6.45) is 7.50. The molecular formula is C18H30BrNO. The molecule has 0 heterocycles. The molecule has 0 aliphatic rings. The summed E-state index contributed by atoms with van der Waals surface area (Å²) >= 11 is 3.54. The lowest BCUT2D eigenvalue weighted by molar-refractivity contribution is 0.298. The van der Waals surface area contributed by atoms with Crippen LogP contribution in [0.5, 0.6) is 5.75 Å². The van der Waals surface area contributed by atoms with E-state index in [0.717, 1.165) is 36.2 Å². The predicted molar refractivity (Wildman–Crippen MR) is 95.1 cm³/mol. The molecule has 0 amide bonds. The van der Waals surface area contributed by atoms with E-state index in [1.807, 2.05) is 0 Å². The van der Waals surface area contributed by atoms with Gasteiger partial charge in [-0.05, 0) is 38.4 Å². The van der Waals surface area contributed by atoms with Gasteiger partial charge in [0.15, 0.2) is 0 Å². The molecule has 0 radical (unpaired) electrons. The Morgan fingerprint density at radius 3 is 2.57 bits per heavy atom. The minimum absolute atomic E-state index is 0.327. The summed E-state index contributed by atoms with van der Waals surface area (Å²) in [5.74, 6) is 1.01. The molecule has 0 aromatic heterocycles. The summed E-state index contributed by atoms with van der Waals surface area (Å²) in [4.78, 5) is 0. The molecule has 0 aliphatic carbocycles. The number of rotatable bonds is 11. The van der Waals surface area contributed by atoms with Crippen LogP contribution in [-0.2, 0) is 0 Å². The van der Waals surface area contributed by atoms with Gasteiger partial charge in [0.2, 0.25) is 0 Å². The van der Waals surface area contributed by atoms with Crippen molar-refractivity contribution in [3.05, 3.63) is 28.2 Å². The van der Waals surface area contributed by atoms with Crippen LogP contribution in [0, 0.1) is 0 Å². The maximum absolute atomic E-state index is 6.03. The molecular weight excluding hydrogens is 326 g/mol. The zero-order valence-electron chi connectivity index (χ0n) is 13.8. The van der Waals surface area contributed by atoms with E-state index < -0.39 is 0 Å². The lowest BCUT2D eigenvalue weighted by Crippen LogP contribution is -2.20. The van der Waals surface area contributed by atoms with E-state index in [1.165, 1.54) is 31.2 Å². The van der Waals surface area contributed by atoms with Crippen molar-refractivity contribution in [2.45, 2.75) is 65.3 Å². The minimum Gasteiger partial charge on any atom is -0.493 e. The van der Waals surface area contributed by atoms with Crippen molar-refractivity contribution in [1.82, 2.24) is 5.32 Å². The van der Waals surface area contributed by atoms with Gasteiger partial charge in [-0.1, -0.05) is 61.5 Å². The summed E-state index contributed by atoms with van der Waals surface area (Å²) in [6, 6.07) is 6.66. The Bertz CT molecular complexity index is 395. The number of unbranched alkanes of at least 4 members (excludes halogenated alkanes) is 4. The maximum Gasteiger partial charge on any atom is 0.125 e. The average Bonchev–Trinajstić information content (AvgIpc) is 2.48. The van der Waals surface area contributed by atoms with Gasteiger partial charge in [0.05, 0.1) is 6.61 Å². The van der Waals surface area contributed by atoms with Crippen molar-refractivity contribution in [2.24, 2.45) is 0 Å². The Hall–Kier alpha value is -0.540. The van der Waals surface area contributed by atoms with Gasteiger partial charge in [-0.3, -0.25) is 0 Å². The quantitative estimate of drug-likeness (QED) is 0.502. The second-order valence-corrected chi connectivity index (χ2v) is 6.54. The van der Waals surface area contributed by atoms with E-state index in [4.69, 9.17) is 4.74 Å². The van der Waals surface area contributed by atoms with Crippen LogP contribution in [0.2, 0.25) is 0 Å². The zero-order chi connectivity index (χ0) is 15.5. The van der Waals surface area contributed by atoms with Gasteiger partial charge in [0.1, 0.15) is 5.75 Å². The fraction of sp³-hybridized carbons (Fsp3) is 0.667. The van der Waals surface area contributed by atoms with Crippen LogP contribution in [0.4, 0.5) is 0 Å². The molecule has 1 rings (SSSR count). The van der Waals surface area contributed by atoms with Gasteiger partial charge in [-0.25, -0.2) is 0 Å². The average molecular weight is 356 g/mol. The van der Waals surface area contributed by atoms with Crippen molar-refractivity contribution in [3.8, 4) is 5.75 Å². The van der Waals surface area contributed by atoms with E-state index in [9.17, 15) is 0 Å². The van der Waals surface area contributed by atoms with Crippen LogP contribution in [-0.4, -0.2) is 13.2 Å². The van der Waals surface area contributed by atoms with Gasteiger partial charge < -0.3 is 10.1 Å². The molecule has 1 aromatic carbocycles. The third kappa shape index (κ3) is 7.32. The topological polar surface area (TPSA) is 21.3 Å². The molecule has 1 aromatic rings. The van der Waals surface area contributed by atoms with Crippen LogP contribution in [0.3, 0.4) is 0 Å². The van der Waals surface area contributed by atoms with Crippen molar-refractivity contribution < 1.29 is 4.74 Å². The first-order chi connectivity index (χ1) is 10.2. The molecule has 0 aliphatic heterocycles. The van der Waals surface area contributed by atoms with Crippen LogP contribution in [0.25, 0.3) is 0 Å². The first-order valence-electron chi connectivity index (χ1n) is 8.34. The molecule has 0 saturated heterocycles. The number of hydrogen-bond acceptors (Lipinski definition) is 2. The summed E-state index contributed by atoms with van der Waals surface area (Å²) < 4.78 is 7.11. The molecule has 3 heteroatoms. The van der Waals surface area contributed by atoms with Crippen LogP contribution >= 0.6 is 15.9 Å². The highest BCUT2D eigenvalue weighted by atomic mass is 79.9. The van der Waals surface area contributed by atoms with Crippen molar-refractivity contribution in [2.75, 3.05) is 13.2 Å². The fourth-order valence-electron chi connectivity index (χ4n) is 2.35. The Labute approximate surface area is 138 Å². The van der Waals surface area contributed by atoms with E-state index in [1.54, 1.807) is 0 Å². The predicted octanol–water partition coefficient (Wildman–Crippen LogP) is 5.86. The lowest BCUT2D eigenvalue weighted by atomic mass is 10.1. The standard InChI is InChI=1S/C18H30BrNO/c1-4-6-7-8-9-13-21-18-14-16(19)10-11-17(18)15(3)20-12-5-2/h10-11,14-15,20H,4-9,12-13H2,1-3H3. The third-order valence-corrected chi connectivity index (χ3v) is 4.14. The van der Waals surface area contributed by atoms with Crippen molar-refractivity contribution in [3.63, 3.8) is 0 Å². The number of hydrogen-bond donors (Lipinski definition) is 1. The van der Waals surface area contributed by atoms with Crippen molar-refractivity contribution in [1.29, 1.82) is 0 Å². The first-order valence-corrected chi connectivity index (χ1v) is 9.14. The Balaban J connectivity index is 2.52. The molecule has 0 spiro atoms.